The molecule has 10 heteroatoms. The molecule has 3 aliphatic rings. The van der Waals surface area contributed by atoms with Crippen molar-refractivity contribution in [2.45, 2.75) is 50.4 Å². The quantitative estimate of drug-likeness (QED) is 0.202. The molecule has 10 nitrogen and oxygen atoms in total. The fourth-order valence-corrected chi connectivity index (χ4v) is 7.10. The summed E-state index contributed by atoms with van der Waals surface area (Å²) in [6, 6.07) is 20.5. The summed E-state index contributed by atoms with van der Waals surface area (Å²) in [4.78, 5) is 35.6. The minimum absolute atomic E-state index is 0.0936. The van der Waals surface area contributed by atoms with Gasteiger partial charge in [0.1, 0.15) is 17.2 Å². The maximum absolute atomic E-state index is 14.2. The van der Waals surface area contributed by atoms with Gasteiger partial charge >= 0.3 is 0 Å². The molecule has 0 radical (unpaired) electrons. The lowest BCUT2D eigenvalue weighted by Gasteiger charge is -2.28. The number of nitrogens with one attached hydrogen (secondary N) is 4. The number of hydrogen-bond donors (Lipinski definition) is 5. The van der Waals surface area contributed by atoms with Gasteiger partial charge < -0.3 is 35.8 Å². The molecule has 0 aliphatic carbocycles. The van der Waals surface area contributed by atoms with E-state index in [-0.39, 0.29) is 29.3 Å². The van der Waals surface area contributed by atoms with Gasteiger partial charge in [0.15, 0.2) is 17.7 Å². The fraction of sp³-hybridized carbons (Fsp3) is 0.286. The Morgan fingerprint density at radius 2 is 1.91 bits per heavy atom. The molecule has 4 atom stereocenters. The summed E-state index contributed by atoms with van der Waals surface area (Å²) in [5.74, 6) is 0.544. The molecule has 8 rings (SSSR count). The summed E-state index contributed by atoms with van der Waals surface area (Å²) in [6.45, 7) is 4.34. The number of aromatic amines is 1. The predicted molar refractivity (Wildman–Crippen MR) is 169 cm³/mol. The van der Waals surface area contributed by atoms with Gasteiger partial charge in [-0.1, -0.05) is 62.4 Å². The van der Waals surface area contributed by atoms with Crippen molar-refractivity contribution in [3.8, 4) is 5.75 Å². The molecule has 0 fully saturated rings. The number of rotatable bonds is 5. The van der Waals surface area contributed by atoms with Crippen LogP contribution in [0.1, 0.15) is 64.3 Å². The Labute approximate surface area is 259 Å². The highest BCUT2D eigenvalue weighted by Gasteiger charge is 2.61. The normalized spacial score (nSPS) is 22.9. The van der Waals surface area contributed by atoms with Crippen molar-refractivity contribution in [3.63, 3.8) is 0 Å². The third-order valence-corrected chi connectivity index (χ3v) is 9.34. The maximum atomic E-state index is 14.2. The highest BCUT2D eigenvalue weighted by atomic mass is 16.5. The second-order valence-corrected chi connectivity index (χ2v) is 12.5. The van der Waals surface area contributed by atoms with Crippen molar-refractivity contribution in [2.24, 2.45) is 11.7 Å². The van der Waals surface area contributed by atoms with Crippen LogP contribution >= 0.6 is 0 Å². The van der Waals surface area contributed by atoms with Crippen LogP contribution in [0.3, 0.4) is 0 Å². The number of carbonyl (C=O) groups excluding carboxylic acids is 2. The van der Waals surface area contributed by atoms with Gasteiger partial charge in [-0.05, 0) is 53.6 Å². The number of aromatic nitrogens is 2. The van der Waals surface area contributed by atoms with E-state index < -0.39 is 23.7 Å². The first-order valence-electron chi connectivity index (χ1n) is 15.4. The minimum Gasteiger partial charge on any atom is -0.469 e. The van der Waals surface area contributed by atoms with Gasteiger partial charge in [0.05, 0.1) is 6.04 Å². The third-order valence-electron chi connectivity index (χ3n) is 9.34. The minimum atomic E-state index is -1.01. The predicted octanol–water partition coefficient (Wildman–Crippen LogP) is 4.30. The number of ether oxygens (including phenoxy) is 1. The molecule has 2 amide bonds. The van der Waals surface area contributed by atoms with E-state index in [0.717, 1.165) is 38.8 Å². The van der Waals surface area contributed by atoms with Gasteiger partial charge in [-0.2, -0.15) is 0 Å². The van der Waals surface area contributed by atoms with Crippen LogP contribution in [0.15, 0.2) is 77.3 Å². The Bertz CT molecular complexity index is 1980. The molecule has 5 aromatic rings. The lowest BCUT2D eigenvalue weighted by Crippen LogP contribution is -2.45. The highest BCUT2D eigenvalue weighted by molar-refractivity contribution is 5.95. The summed E-state index contributed by atoms with van der Waals surface area (Å²) in [5, 5.41) is 10.8. The average molecular weight is 603 g/mol. The molecule has 4 bridgehead atoms. The van der Waals surface area contributed by atoms with Gasteiger partial charge in [0, 0.05) is 34.9 Å². The van der Waals surface area contributed by atoms with E-state index in [4.69, 9.17) is 19.9 Å². The molecule has 1 spiro atoms. The monoisotopic (exact) mass is 602 g/mol. The number of fused-ring (bicyclic) bond motifs is 5. The molecule has 45 heavy (non-hydrogen) atoms. The van der Waals surface area contributed by atoms with Crippen molar-refractivity contribution in [3.05, 3.63) is 113 Å². The zero-order valence-electron chi connectivity index (χ0n) is 25.0. The van der Waals surface area contributed by atoms with Crippen LogP contribution in [0.2, 0.25) is 0 Å². The Balaban J connectivity index is 1.27. The van der Waals surface area contributed by atoms with Crippen LogP contribution in [0, 0.1) is 5.92 Å². The second kappa shape index (κ2) is 10.2. The van der Waals surface area contributed by atoms with Gasteiger partial charge in [0.25, 0.3) is 5.91 Å². The van der Waals surface area contributed by atoms with Crippen molar-refractivity contribution < 1.29 is 18.7 Å². The average Bonchev–Trinajstić information content (AvgIpc) is 3.79. The number of anilines is 1. The van der Waals surface area contributed by atoms with E-state index in [1.165, 1.54) is 0 Å². The van der Waals surface area contributed by atoms with Crippen molar-refractivity contribution in [1.82, 2.24) is 20.6 Å². The standard InChI is InChI=1S/C35H34N6O4/c1-18(2)28-33-41-29(32(43)37-14-13-20-17-38-25-9-5-3-7-21(20)25)30(45-33)35-22-8-4-6-10-26(22)39-34(35)44-27-12-11-19(15-23(27)35)16-24(36)31(42)40-28/h3-12,15,17-18,24,28,34,38-39H,13-14,16,36H2,1-2H3,(H,37,43)(H,40,42)/t24-,28-,34-,35?/m0/s1. The summed E-state index contributed by atoms with van der Waals surface area (Å²) >= 11 is 0. The Kier molecular flexibility index (Phi) is 6.25. The molecular formula is C35H34N6O4. The van der Waals surface area contributed by atoms with Gasteiger partial charge in [-0.15, -0.1) is 0 Å². The maximum Gasteiger partial charge on any atom is 0.273 e. The number of nitrogens with two attached hydrogens (primary N) is 1. The van der Waals surface area contributed by atoms with E-state index in [2.05, 4.69) is 27.0 Å². The van der Waals surface area contributed by atoms with Crippen LogP contribution in [0.5, 0.6) is 5.75 Å². The molecule has 3 aliphatic heterocycles. The van der Waals surface area contributed by atoms with Crippen molar-refractivity contribution >= 4 is 28.4 Å². The lowest BCUT2D eigenvalue weighted by atomic mass is 9.72. The first-order valence-corrected chi connectivity index (χ1v) is 15.4. The molecule has 3 aromatic carbocycles. The largest absolute Gasteiger partial charge is 0.469 e. The van der Waals surface area contributed by atoms with Crippen LogP contribution < -0.4 is 26.4 Å². The molecule has 1 unspecified atom stereocenters. The molecule has 0 saturated heterocycles. The first-order chi connectivity index (χ1) is 21.8. The zero-order chi connectivity index (χ0) is 30.9. The van der Waals surface area contributed by atoms with E-state index >= 15 is 0 Å². The third kappa shape index (κ3) is 4.16. The number of nitrogens with zero attached hydrogens (tertiary/aromatic N) is 1. The zero-order valence-corrected chi connectivity index (χ0v) is 25.0. The Morgan fingerprint density at radius 1 is 1.09 bits per heavy atom. The van der Waals surface area contributed by atoms with Gasteiger partial charge in [-0.3, -0.25) is 9.59 Å². The molecule has 0 saturated carbocycles. The number of oxazole rings is 1. The van der Waals surface area contributed by atoms with Crippen LogP contribution in [0.25, 0.3) is 10.9 Å². The Hall–Kier alpha value is -5.09. The smallest absolute Gasteiger partial charge is 0.273 e. The van der Waals surface area contributed by atoms with Crippen LogP contribution in [-0.4, -0.2) is 40.6 Å². The summed E-state index contributed by atoms with van der Waals surface area (Å²) in [7, 11) is 0. The lowest BCUT2D eigenvalue weighted by molar-refractivity contribution is -0.123. The molecular weight excluding hydrogens is 568 g/mol. The van der Waals surface area contributed by atoms with E-state index in [9.17, 15) is 9.59 Å². The summed E-state index contributed by atoms with van der Waals surface area (Å²) in [6.07, 6.45) is 2.37. The fourth-order valence-electron chi connectivity index (χ4n) is 7.10. The van der Waals surface area contributed by atoms with Crippen LogP contribution in [0.4, 0.5) is 5.69 Å². The van der Waals surface area contributed by atoms with E-state index in [1.54, 1.807) is 0 Å². The Morgan fingerprint density at radius 3 is 2.78 bits per heavy atom. The molecule has 228 valence electrons. The second-order valence-electron chi connectivity index (χ2n) is 12.5. The van der Waals surface area contributed by atoms with Crippen molar-refractivity contribution in [1.29, 1.82) is 0 Å². The van der Waals surface area contributed by atoms with Crippen molar-refractivity contribution in [2.75, 3.05) is 11.9 Å². The number of amides is 2. The SMILES string of the molecule is CC(C)[C@@H]1NC(=O)[C@@H](N)Cc2ccc3c(c2)C2(c4ccccc4N[C@H]2O3)c2oc1nc2C(=O)NCCc1c[nH]c2ccccc12. The number of carbonyl (C=O) groups is 2. The topological polar surface area (TPSA) is 147 Å². The number of H-pyrrole nitrogens is 1. The highest BCUT2D eigenvalue weighted by Crippen LogP contribution is 2.58. The van der Waals surface area contributed by atoms with E-state index in [0.29, 0.717) is 30.9 Å². The first kappa shape index (κ1) is 27.5. The molecule has 5 heterocycles. The number of para-hydroxylation sites is 2. The molecule has 2 aromatic heterocycles. The van der Waals surface area contributed by atoms with E-state index in [1.807, 2.05) is 80.7 Å². The van der Waals surface area contributed by atoms with Crippen LogP contribution in [-0.2, 0) is 23.1 Å². The van der Waals surface area contributed by atoms with Gasteiger partial charge in [0.2, 0.25) is 11.8 Å². The molecule has 6 N–H and O–H groups in total. The summed E-state index contributed by atoms with van der Waals surface area (Å²) in [5.41, 5.74) is 11.3. The van der Waals surface area contributed by atoms with Gasteiger partial charge in [-0.25, -0.2) is 4.98 Å². The summed E-state index contributed by atoms with van der Waals surface area (Å²) < 4.78 is 13.3. The number of benzene rings is 3. The number of hydrogen-bond acceptors (Lipinski definition) is 7.